The van der Waals surface area contributed by atoms with Crippen molar-refractivity contribution in [3.63, 3.8) is 0 Å². The molecule has 4 nitrogen and oxygen atoms in total. The topological polar surface area (TPSA) is 35.6 Å². The second kappa shape index (κ2) is 8.04. The zero-order valence-corrected chi connectivity index (χ0v) is 15.0. The Kier molecular flexibility index (Phi) is 5.78. The number of carbonyl (C=O) groups excluding carboxylic acids is 1. The zero-order chi connectivity index (χ0) is 17.8. The number of halogens is 3. The summed E-state index contributed by atoms with van der Waals surface area (Å²) in [4.78, 5) is 16.4. The Hall–Kier alpha value is -1.82. The summed E-state index contributed by atoms with van der Waals surface area (Å²) in [6.07, 6.45) is 0. The Balaban J connectivity index is 1.50. The van der Waals surface area contributed by atoms with Gasteiger partial charge in [0.05, 0.1) is 10.0 Å². The minimum absolute atomic E-state index is 0.153. The number of benzene rings is 2. The Morgan fingerprint density at radius 3 is 2.32 bits per heavy atom. The van der Waals surface area contributed by atoms with Crippen molar-refractivity contribution in [1.29, 1.82) is 0 Å². The number of hydrogen-bond donors (Lipinski definition) is 1. The number of rotatable bonds is 3. The van der Waals surface area contributed by atoms with Gasteiger partial charge in [-0.2, -0.15) is 0 Å². The molecule has 1 N–H and O–H groups in total. The van der Waals surface area contributed by atoms with Crippen LogP contribution >= 0.6 is 23.2 Å². The van der Waals surface area contributed by atoms with Gasteiger partial charge in [-0.05, 0) is 35.9 Å². The van der Waals surface area contributed by atoms with Gasteiger partial charge < -0.3 is 10.2 Å². The van der Waals surface area contributed by atoms with E-state index in [-0.39, 0.29) is 11.8 Å². The van der Waals surface area contributed by atoms with Gasteiger partial charge in [-0.1, -0.05) is 35.3 Å². The van der Waals surface area contributed by atoms with Crippen molar-refractivity contribution in [3.8, 4) is 0 Å². The predicted octanol–water partition coefficient (Wildman–Crippen LogP) is 4.48. The molecule has 0 aromatic heterocycles. The van der Waals surface area contributed by atoms with E-state index in [0.29, 0.717) is 28.8 Å². The van der Waals surface area contributed by atoms with Crippen LogP contribution in [0, 0.1) is 5.82 Å². The van der Waals surface area contributed by atoms with Crippen molar-refractivity contribution in [2.24, 2.45) is 0 Å². The Morgan fingerprint density at radius 2 is 1.68 bits per heavy atom. The molecular weight excluding hydrogens is 364 g/mol. The average molecular weight is 382 g/mol. The first-order chi connectivity index (χ1) is 12.0. The third-order valence-corrected chi connectivity index (χ3v) is 4.89. The second-order valence-corrected chi connectivity index (χ2v) is 6.76. The summed E-state index contributed by atoms with van der Waals surface area (Å²) in [6.45, 7) is 3.56. The number of urea groups is 1. The molecule has 1 aliphatic rings. The largest absolute Gasteiger partial charge is 0.322 e. The fraction of sp³-hybridized carbons (Fsp3) is 0.278. The van der Waals surface area contributed by atoms with Crippen molar-refractivity contribution < 1.29 is 9.18 Å². The first-order valence-corrected chi connectivity index (χ1v) is 8.74. The molecule has 2 aromatic carbocycles. The molecule has 2 aromatic rings. The van der Waals surface area contributed by atoms with Gasteiger partial charge in [-0.15, -0.1) is 0 Å². The maximum atomic E-state index is 13.0. The van der Waals surface area contributed by atoms with Crippen molar-refractivity contribution in [1.82, 2.24) is 9.80 Å². The van der Waals surface area contributed by atoms with E-state index in [1.165, 1.54) is 12.1 Å². The Bertz CT molecular complexity index is 746. The number of nitrogens with one attached hydrogen (secondary N) is 1. The summed E-state index contributed by atoms with van der Waals surface area (Å²) >= 11 is 11.8. The first kappa shape index (κ1) is 18.0. The van der Waals surface area contributed by atoms with Crippen LogP contribution in [0.1, 0.15) is 5.56 Å². The summed E-state index contributed by atoms with van der Waals surface area (Å²) in [6, 6.07) is 11.4. The normalized spacial score (nSPS) is 15.2. The van der Waals surface area contributed by atoms with Crippen LogP contribution < -0.4 is 5.32 Å². The molecule has 25 heavy (non-hydrogen) atoms. The van der Waals surface area contributed by atoms with Gasteiger partial charge in [-0.3, -0.25) is 4.90 Å². The summed E-state index contributed by atoms with van der Waals surface area (Å²) in [5, 5.41) is 3.69. The van der Waals surface area contributed by atoms with Gasteiger partial charge in [0.2, 0.25) is 0 Å². The number of hydrogen-bond acceptors (Lipinski definition) is 2. The van der Waals surface area contributed by atoms with Gasteiger partial charge >= 0.3 is 6.03 Å². The minimum Gasteiger partial charge on any atom is -0.322 e. The molecule has 0 spiro atoms. The molecule has 3 rings (SSSR count). The lowest BCUT2D eigenvalue weighted by molar-refractivity contribution is 0.143. The number of nitrogens with zero attached hydrogens (tertiary/aromatic N) is 2. The highest BCUT2D eigenvalue weighted by Crippen LogP contribution is 2.25. The lowest BCUT2D eigenvalue weighted by Gasteiger charge is -2.34. The molecule has 1 aliphatic heterocycles. The molecule has 132 valence electrons. The van der Waals surface area contributed by atoms with E-state index in [0.717, 1.165) is 25.2 Å². The van der Waals surface area contributed by atoms with E-state index >= 15 is 0 Å². The summed E-state index contributed by atoms with van der Waals surface area (Å²) in [5.74, 6) is -0.229. The van der Waals surface area contributed by atoms with Crippen molar-refractivity contribution >= 4 is 34.9 Å². The molecule has 7 heteroatoms. The molecule has 2 amide bonds. The molecule has 0 saturated carbocycles. The predicted molar refractivity (Wildman–Crippen MR) is 98.7 cm³/mol. The molecule has 0 unspecified atom stereocenters. The molecule has 0 radical (unpaired) electrons. The highest BCUT2D eigenvalue weighted by Gasteiger charge is 2.21. The summed E-state index contributed by atoms with van der Waals surface area (Å²) in [7, 11) is 0. The monoisotopic (exact) mass is 381 g/mol. The summed E-state index contributed by atoms with van der Waals surface area (Å²) in [5.41, 5.74) is 1.68. The van der Waals surface area contributed by atoms with Crippen LogP contribution in [0.2, 0.25) is 10.0 Å². The van der Waals surface area contributed by atoms with Crippen LogP contribution in [-0.4, -0.2) is 42.0 Å². The van der Waals surface area contributed by atoms with Crippen LogP contribution in [0.4, 0.5) is 14.9 Å². The van der Waals surface area contributed by atoms with Crippen LogP contribution in [0.5, 0.6) is 0 Å². The SMILES string of the molecule is O=C(Nc1ccc(Cl)c(Cl)c1)N1CCN(Cc2ccc(F)cc2)CC1. The van der Waals surface area contributed by atoms with E-state index in [1.54, 1.807) is 35.2 Å². The highest BCUT2D eigenvalue weighted by atomic mass is 35.5. The molecule has 0 atom stereocenters. The fourth-order valence-corrected chi connectivity index (χ4v) is 3.03. The maximum Gasteiger partial charge on any atom is 0.321 e. The third-order valence-electron chi connectivity index (χ3n) is 4.15. The molecule has 1 heterocycles. The van der Waals surface area contributed by atoms with E-state index in [2.05, 4.69) is 10.2 Å². The fourth-order valence-electron chi connectivity index (χ4n) is 2.73. The van der Waals surface area contributed by atoms with E-state index in [9.17, 15) is 9.18 Å². The lowest BCUT2D eigenvalue weighted by atomic mass is 10.2. The van der Waals surface area contributed by atoms with Crippen molar-refractivity contribution in [2.45, 2.75) is 6.54 Å². The third kappa shape index (κ3) is 4.84. The maximum absolute atomic E-state index is 13.0. The summed E-state index contributed by atoms with van der Waals surface area (Å²) < 4.78 is 13.0. The zero-order valence-electron chi connectivity index (χ0n) is 13.5. The van der Waals surface area contributed by atoms with Crippen LogP contribution in [0.15, 0.2) is 42.5 Å². The van der Waals surface area contributed by atoms with Crippen molar-refractivity contribution in [3.05, 3.63) is 63.9 Å². The number of anilines is 1. The highest BCUT2D eigenvalue weighted by molar-refractivity contribution is 6.42. The number of piperazine rings is 1. The smallest absolute Gasteiger partial charge is 0.321 e. The molecular formula is C18H18Cl2FN3O. The number of carbonyl (C=O) groups is 1. The molecule has 1 fully saturated rings. The van der Waals surface area contributed by atoms with Gasteiger partial charge in [0.25, 0.3) is 0 Å². The standard InChI is InChI=1S/C18H18Cl2FN3O/c19-16-6-5-15(11-17(16)20)22-18(25)24-9-7-23(8-10-24)12-13-1-3-14(21)4-2-13/h1-6,11H,7-10,12H2,(H,22,25). The number of amides is 2. The van der Waals surface area contributed by atoms with E-state index in [4.69, 9.17) is 23.2 Å². The van der Waals surface area contributed by atoms with Gasteiger partial charge in [-0.25, -0.2) is 9.18 Å². The Labute approximate surface area is 156 Å². The minimum atomic E-state index is -0.229. The quantitative estimate of drug-likeness (QED) is 0.850. The van der Waals surface area contributed by atoms with E-state index < -0.39 is 0 Å². The first-order valence-electron chi connectivity index (χ1n) is 7.99. The van der Waals surface area contributed by atoms with Crippen molar-refractivity contribution in [2.75, 3.05) is 31.5 Å². The second-order valence-electron chi connectivity index (χ2n) is 5.95. The van der Waals surface area contributed by atoms with Crippen LogP contribution in [0.25, 0.3) is 0 Å². The molecule has 0 bridgehead atoms. The van der Waals surface area contributed by atoms with Gasteiger partial charge in [0.15, 0.2) is 0 Å². The van der Waals surface area contributed by atoms with Gasteiger partial charge in [0.1, 0.15) is 5.82 Å². The van der Waals surface area contributed by atoms with Gasteiger partial charge in [0, 0.05) is 38.4 Å². The average Bonchev–Trinajstić information content (AvgIpc) is 2.61. The van der Waals surface area contributed by atoms with E-state index in [1.807, 2.05) is 0 Å². The molecule has 1 saturated heterocycles. The lowest BCUT2D eigenvalue weighted by Crippen LogP contribution is -2.49. The van der Waals surface area contributed by atoms with Crippen LogP contribution in [-0.2, 0) is 6.54 Å². The molecule has 0 aliphatic carbocycles. The Morgan fingerprint density at radius 1 is 1.00 bits per heavy atom. The van der Waals surface area contributed by atoms with Crippen LogP contribution in [0.3, 0.4) is 0 Å².